The number of allylic oxidation sites excluding steroid dienone is 1. The highest BCUT2D eigenvalue weighted by atomic mass is 79.9. The molecule has 0 aromatic rings. The molecule has 0 radical (unpaired) electrons. The lowest BCUT2D eigenvalue weighted by Gasteiger charge is -2.43. The van der Waals surface area contributed by atoms with Gasteiger partial charge in [0, 0.05) is 30.0 Å². The Labute approximate surface area is 167 Å². The molecule has 0 aromatic heterocycles. The fourth-order valence-corrected chi connectivity index (χ4v) is 4.78. The van der Waals surface area contributed by atoms with E-state index in [-0.39, 0.29) is 30.0 Å². The van der Waals surface area contributed by atoms with Crippen LogP contribution in [0.2, 0.25) is 0 Å². The fourth-order valence-electron chi connectivity index (χ4n) is 4.23. The molecular weight excluding hydrogens is 394 g/mol. The lowest BCUT2D eigenvalue weighted by Crippen LogP contribution is -2.50. The van der Waals surface area contributed by atoms with Crippen LogP contribution < -0.4 is 5.73 Å². The SMILES string of the molecule is CC.CC.COC/C=C(/Br)C1=C2CC3C(OC2C)C(=O)CCC3C(N)C1. The summed E-state index contributed by atoms with van der Waals surface area (Å²) in [7, 11) is 1.69. The van der Waals surface area contributed by atoms with Crippen molar-refractivity contribution in [3.63, 3.8) is 0 Å². The molecule has 1 heterocycles. The second-order valence-corrected chi connectivity index (χ2v) is 7.47. The average molecular weight is 430 g/mol. The molecule has 1 aliphatic heterocycles. The minimum Gasteiger partial charge on any atom is -0.381 e. The van der Waals surface area contributed by atoms with Gasteiger partial charge in [0.05, 0.1) is 12.7 Å². The second-order valence-electron chi connectivity index (χ2n) is 6.61. The third-order valence-corrected chi connectivity index (χ3v) is 6.17. The highest BCUT2D eigenvalue weighted by Crippen LogP contribution is 2.47. The van der Waals surface area contributed by atoms with Gasteiger partial charge in [-0.15, -0.1) is 0 Å². The van der Waals surface area contributed by atoms with Gasteiger partial charge >= 0.3 is 0 Å². The van der Waals surface area contributed by atoms with Gasteiger partial charge in [-0.2, -0.15) is 0 Å². The quantitative estimate of drug-likeness (QED) is 0.701. The van der Waals surface area contributed by atoms with Gasteiger partial charge in [-0.05, 0) is 49.3 Å². The lowest BCUT2D eigenvalue weighted by atomic mass is 9.70. The first-order valence-electron chi connectivity index (χ1n) is 10.0. The minimum atomic E-state index is -0.246. The molecule has 3 rings (SSSR count). The van der Waals surface area contributed by atoms with Gasteiger partial charge in [0.25, 0.3) is 0 Å². The molecule has 0 spiro atoms. The van der Waals surface area contributed by atoms with Crippen molar-refractivity contribution in [2.45, 2.75) is 78.6 Å². The standard InChI is InChI=1S/C17H24BrNO3.2C2H6/c1-9-11-7-13-10(3-4-16(20)17(13)22-9)15(19)8-12(11)14(18)5-6-21-2;2*1-2/h5,9-10,13,15,17H,3-4,6-8,19H2,1-2H3;2*1-2H3/b14-5+;;. The number of ketones is 1. The summed E-state index contributed by atoms with van der Waals surface area (Å²) in [5.74, 6) is 0.893. The number of hydrogen-bond acceptors (Lipinski definition) is 4. The number of Topliss-reactive ketones (excluding diaryl/α,β-unsaturated/α-hetero) is 1. The molecule has 1 saturated carbocycles. The van der Waals surface area contributed by atoms with Crippen molar-refractivity contribution in [3.8, 4) is 0 Å². The lowest BCUT2D eigenvalue weighted by molar-refractivity contribution is -0.148. The number of halogens is 1. The maximum atomic E-state index is 12.2. The summed E-state index contributed by atoms with van der Waals surface area (Å²) >= 11 is 3.69. The molecule has 2 N–H and O–H groups in total. The molecule has 5 atom stereocenters. The van der Waals surface area contributed by atoms with Crippen LogP contribution >= 0.6 is 15.9 Å². The highest BCUT2D eigenvalue weighted by Gasteiger charge is 2.48. The molecular formula is C21H36BrNO3. The number of fused-ring (bicyclic) bond motifs is 1. The number of hydrogen-bond donors (Lipinski definition) is 1. The Kier molecular flexibility index (Phi) is 10.3. The Hall–Kier alpha value is -0.490. The van der Waals surface area contributed by atoms with Gasteiger partial charge in [-0.1, -0.05) is 43.6 Å². The van der Waals surface area contributed by atoms with Crippen LogP contribution in [0.4, 0.5) is 0 Å². The van der Waals surface area contributed by atoms with Crippen molar-refractivity contribution in [1.29, 1.82) is 0 Å². The first-order valence-corrected chi connectivity index (χ1v) is 10.8. The smallest absolute Gasteiger partial charge is 0.161 e. The van der Waals surface area contributed by atoms with E-state index in [1.54, 1.807) is 7.11 Å². The summed E-state index contributed by atoms with van der Waals surface area (Å²) < 4.78 is 12.3. The molecule has 2 aliphatic carbocycles. The summed E-state index contributed by atoms with van der Waals surface area (Å²) in [6.07, 6.45) is 5.05. The fraction of sp³-hybridized carbons (Fsp3) is 0.762. The molecule has 5 unspecified atom stereocenters. The number of nitrogens with two attached hydrogens (primary N) is 1. The van der Waals surface area contributed by atoms with Gasteiger partial charge in [0.2, 0.25) is 0 Å². The number of ether oxygens (including phenoxy) is 2. The predicted octanol–water partition coefficient (Wildman–Crippen LogP) is 4.76. The zero-order chi connectivity index (χ0) is 19.9. The van der Waals surface area contributed by atoms with E-state index in [2.05, 4.69) is 22.9 Å². The Morgan fingerprint density at radius 3 is 2.54 bits per heavy atom. The van der Waals surface area contributed by atoms with E-state index in [1.807, 2.05) is 33.8 Å². The van der Waals surface area contributed by atoms with E-state index < -0.39 is 0 Å². The molecule has 2 fully saturated rings. The molecule has 1 saturated heterocycles. The Balaban J connectivity index is 0.000000791. The molecule has 0 aromatic carbocycles. The second kappa shape index (κ2) is 11.4. The van der Waals surface area contributed by atoms with Crippen molar-refractivity contribution in [2.24, 2.45) is 17.6 Å². The van der Waals surface area contributed by atoms with Gasteiger partial charge in [-0.25, -0.2) is 0 Å². The minimum absolute atomic E-state index is 0.0206. The van der Waals surface area contributed by atoms with Crippen LogP contribution in [-0.4, -0.2) is 37.7 Å². The summed E-state index contributed by atoms with van der Waals surface area (Å²) in [6.45, 7) is 10.6. The first kappa shape index (κ1) is 23.5. The van der Waals surface area contributed by atoms with E-state index in [0.717, 1.165) is 23.7 Å². The topological polar surface area (TPSA) is 61.5 Å². The van der Waals surface area contributed by atoms with Crippen molar-refractivity contribution in [2.75, 3.05) is 13.7 Å². The van der Waals surface area contributed by atoms with Crippen molar-refractivity contribution in [1.82, 2.24) is 0 Å². The van der Waals surface area contributed by atoms with Crippen molar-refractivity contribution < 1.29 is 14.3 Å². The van der Waals surface area contributed by atoms with Gasteiger partial charge in [0.1, 0.15) is 6.10 Å². The van der Waals surface area contributed by atoms with E-state index in [0.29, 0.717) is 18.9 Å². The normalized spacial score (nSPS) is 33.5. The zero-order valence-corrected chi connectivity index (χ0v) is 18.8. The third-order valence-electron chi connectivity index (χ3n) is 5.37. The molecule has 5 heteroatoms. The van der Waals surface area contributed by atoms with Crippen LogP contribution in [0.25, 0.3) is 0 Å². The van der Waals surface area contributed by atoms with Crippen molar-refractivity contribution in [3.05, 3.63) is 21.7 Å². The number of methoxy groups -OCH3 is 1. The van der Waals surface area contributed by atoms with Gasteiger partial charge in [-0.3, -0.25) is 4.79 Å². The van der Waals surface area contributed by atoms with Crippen LogP contribution in [0, 0.1) is 11.8 Å². The molecule has 0 amide bonds. The Morgan fingerprint density at radius 1 is 1.27 bits per heavy atom. The summed E-state index contributed by atoms with van der Waals surface area (Å²) in [5, 5.41) is 0. The monoisotopic (exact) mass is 429 g/mol. The van der Waals surface area contributed by atoms with Crippen LogP contribution in [0.5, 0.6) is 0 Å². The summed E-state index contributed by atoms with van der Waals surface area (Å²) in [6, 6.07) is 0.0884. The number of carbonyl (C=O) groups is 1. The predicted molar refractivity (Wildman–Crippen MR) is 111 cm³/mol. The summed E-state index contributed by atoms with van der Waals surface area (Å²) in [4.78, 5) is 12.2. The average Bonchev–Trinajstić information content (AvgIpc) is 2.80. The molecule has 4 nitrogen and oxygen atoms in total. The highest BCUT2D eigenvalue weighted by molar-refractivity contribution is 9.12. The zero-order valence-electron chi connectivity index (χ0n) is 17.2. The molecule has 26 heavy (non-hydrogen) atoms. The van der Waals surface area contributed by atoms with Crippen LogP contribution in [0.3, 0.4) is 0 Å². The van der Waals surface area contributed by atoms with Crippen molar-refractivity contribution >= 4 is 21.7 Å². The summed E-state index contributed by atoms with van der Waals surface area (Å²) in [5.41, 5.74) is 9.06. The third kappa shape index (κ3) is 5.06. The van der Waals surface area contributed by atoms with Crippen LogP contribution in [-0.2, 0) is 14.3 Å². The maximum Gasteiger partial charge on any atom is 0.161 e. The van der Waals surface area contributed by atoms with E-state index >= 15 is 0 Å². The molecule has 3 aliphatic rings. The number of rotatable bonds is 3. The largest absolute Gasteiger partial charge is 0.381 e. The van der Waals surface area contributed by atoms with E-state index in [1.165, 1.54) is 11.1 Å². The van der Waals surface area contributed by atoms with Gasteiger partial charge in [0.15, 0.2) is 5.78 Å². The Bertz CT molecular complexity index is 529. The first-order chi connectivity index (χ1) is 12.5. The Morgan fingerprint density at radius 2 is 1.92 bits per heavy atom. The van der Waals surface area contributed by atoms with Gasteiger partial charge < -0.3 is 15.2 Å². The van der Waals surface area contributed by atoms with E-state index in [9.17, 15) is 4.79 Å². The maximum absolute atomic E-state index is 12.2. The molecule has 150 valence electrons. The van der Waals surface area contributed by atoms with E-state index in [4.69, 9.17) is 15.2 Å². The number of carbonyl (C=O) groups excluding carboxylic acids is 1. The molecule has 2 bridgehead atoms. The van der Waals surface area contributed by atoms with Crippen LogP contribution in [0.1, 0.15) is 60.3 Å². The van der Waals surface area contributed by atoms with Crippen LogP contribution in [0.15, 0.2) is 21.7 Å².